The first-order valence-electron chi connectivity index (χ1n) is 14.2. The number of ketones is 1. The molecule has 0 radical (unpaired) electrons. The number of carbonyl (C=O) groups excluding carboxylic acids is 6. The first kappa shape index (κ1) is 32.5. The second kappa shape index (κ2) is 14.3. The molecule has 4 rings (SSSR count). The van der Waals surface area contributed by atoms with Gasteiger partial charge in [-0.2, -0.15) is 0 Å². The van der Waals surface area contributed by atoms with Crippen molar-refractivity contribution in [3.63, 3.8) is 0 Å². The lowest BCUT2D eigenvalue weighted by molar-refractivity contribution is -0.198. The number of esters is 3. The molecule has 0 aromatic carbocycles. The van der Waals surface area contributed by atoms with Crippen molar-refractivity contribution in [1.29, 1.82) is 0 Å². The Hall–Kier alpha value is -3.46. The summed E-state index contributed by atoms with van der Waals surface area (Å²) in [5.74, 6) is -3.97. The molecular weight excluding hydrogens is 600 g/mol. The van der Waals surface area contributed by atoms with E-state index in [1.165, 1.54) is 34.9 Å². The number of thiazole rings is 1. The van der Waals surface area contributed by atoms with Gasteiger partial charge >= 0.3 is 17.9 Å². The minimum absolute atomic E-state index is 0.0701. The fourth-order valence-electron chi connectivity index (χ4n) is 5.00. The number of fused-ring (bicyclic) bond motifs is 1. The second-order valence-electron chi connectivity index (χ2n) is 11.1. The highest BCUT2D eigenvalue weighted by molar-refractivity contribution is 8.00. The quantitative estimate of drug-likeness (QED) is 0.148. The van der Waals surface area contributed by atoms with Crippen LogP contribution in [-0.4, -0.2) is 75.5 Å². The van der Waals surface area contributed by atoms with Crippen LogP contribution in [0.15, 0.2) is 16.7 Å². The molecule has 0 bridgehead atoms. The molecule has 2 aliphatic heterocycles. The predicted molar refractivity (Wildman–Crippen MR) is 156 cm³/mol. The van der Waals surface area contributed by atoms with Crippen molar-refractivity contribution < 1.29 is 43.0 Å². The van der Waals surface area contributed by atoms with Crippen LogP contribution in [0.5, 0.6) is 0 Å². The van der Waals surface area contributed by atoms with Crippen molar-refractivity contribution in [1.82, 2.24) is 15.2 Å². The Morgan fingerprint density at radius 2 is 1.86 bits per heavy atom. The Balaban J connectivity index is 1.50. The van der Waals surface area contributed by atoms with Crippen molar-refractivity contribution in [3.05, 3.63) is 22.3 Å². The van der Waals surface area contributed by atoms with Crippen LogP contribution in [-0.2, 0) is 49.4 Å². The van der Waals surface area contributed by atoms with Gasteiger partial charge in [-0.15, -0.1) is 23.1 Å². The van der Waals surface area contributed by atoms with Gasteiger partial charge in [-0.25, -0.2) is 9.78 Å². The highest BCUT2D eigenvalue weighted by Crippen LogP contribution is 2.41. The minimum atomic E-state index is -1.21. The third-order valence-corrected chi connectivity index (χ3v) is 9.27. The van der Waals surface area contributed by atoms with Crippen LogP contribution in [0, 0.1) is 11.8 Å². The zero-order chi connectivity index (χ0) is 31.3. The number of amides is 2. The van der Waals surface area contributed by atoms with Crippen molar-refractivity contribution in [2.24, 2.45) is 11.8 Å². The van der Waals surface area contributed by atoms with Crippen molar-refractivity contribution >= 4 is 63.7 Å². The number of ether oxygens (including phenoxy) is 3. The number of hydrogen-bond donors (Lipinski definition) is 2. The van der Waals surface area contributed by atoms with Gasteiger partial charge < -0.3 is 25.3 Å². The smallest absolute Gasteiger partial charge is 0.358 e. The van der Waals surface area contributed by atoms with Crippen molar-refractivity contribution in [3.8, 4) is 0 Å². The molecule has 1 saturated carbocycles. The summed E-state index contributed by atoms with van der Waals surface area (Å²) in [5.41, 5.74) is 6.26. The Bertz CT molecular complexity index is 1300. The average molecular weight is 637 g/mol. The maximum absolute atomic E-state index is 13.6. The summed E-state index contributed by atoms with van der Waals surface area (Å²) >= 11 is 2.47. The highest BCUT2D eigenvalue weighted by atomic mass is 32.2. The number of nitrogens with zero attached hydrogens (tertiary/aromatic N) is 2. The van der Waals surface area contributed by atoms with E-state index < -0.39 is 53.8 Å². The van der Waals surface area contributed by atoms with Gasteiger partial charge in [-0.3, -0.25) is 28.9 Å². The summed E-state index contributed by atoms with van der Waals surface area (Å²) in [5, 5.41) is 4.05. The maximum Gasteiger partial charge on any atom is 0.358 e. The van der Waals surface area contributed by atoms with E-state index in [0.717, 1.165) is 19.3 Å². The monoisotopic (exact) mass is 636 g/mol. The van der Waals surface area contributed by atoms with Gasteiger partial charge in [0.25, 0.3) is 5.91 Å². The molecular formula is C28H36N4O9S2. The molecule has 15 heteroatoms. The fraction of sp³-hybridized carbons (Fsp3) is 0.607. The van der Waals surface area contributed by atoms with Crippen LogP contribution in [0.25, 0.3) is 0 Å². The Kier molecular flexibility index (Phi) is 10.8. The molecule has 3 aliphatic rings. The van der Waals surface area contributed by atoms with Crippen LogP contribution in [0.4, 0.5) is 5.13 Å². The largest absolute Gasteiger partial charge is 0.461 e. The Labute approximate surface area is 257 Å². The normalized spacial score (nSPS) is 21.0. The van der Waals surface area contributed by atoms with Crippen LogP contribution >= 0.6 is 23.1 Å². The number of carbonyl (C=O) groups is 6. The molecule has 1 aromatic heterocycles. The van der Waals surface area contributed by atoms with Crippen LogP contribution in [0.3, 0.4) is 0 Å². The molecule has 2 amide bonds. The van der Waals surface area contributed by atoms with E-state index in [0.29, 0.717) is 29.2 Å². The average Bonchev–Trinajstić information content (AvgIpc) is 3.37. The number of nitrogens with two attached hydrogens (primary N) is 1. The molecule has 234 valence electrons. The van der Waals surface area contributed by atoms with E-state index in [9.17, 15) is 28.8 Å². The number of nitrogens with one attached hydrogen (secondary N) is 1. The lowest BCUT2D eigenvalue weighted by Crippen LogP contribution is -2.70. The highest BCUT2D eigenvalue weighted by Gasteiger charge is 2.55. The van der Waals surface area contributed by atoms with Gasteiger partial charge in [0.05, 0.1) is 18.0 Å². The molecule has 3 heterocycles. The number of anilines is 1. The molecule has 43 heavy (non-hydrogen) atoms. The van der Waals surface area contributed by atoms with E-state index in [1.807, 2.05) is 0 Å². The van der Waals surface area contributed by atoms with Crippen LogP contribution in [0.2, 0.25) is 0 Å². The fourth-order valence-corrected chi connectivity index (χ4v) is 6.89. The minimum Gasteiger partial charge on any atom is -0.461 e. The number of aromatic nitrogens is 1. The molecule has 1 aliphatic carbocycles. The van der Waals surface area contributed by atoms with Gasteiger partial charge in [0.1, 0.15) is 35.9 Å². The zero-order valence-corrected chi connectivity index (χ0v) is 25.9. The van der Waals surface area contributed by atoms with E-state index in [1.54, 1.807) is 19.2 Å². The number of rotatable bonds is 12. The third-order valence-electron chi connectivity index (χ3n) is 7.21. The van der Waals surface area contributed by atoms with Gasteiger partial charge in [-0.1, -0.05) is 33.1 Å². The topological polar surface area (TPSA) is 184 Å². The van der Waals surface area contributed by atoms with E-state index >= 15 is 0 Å². The number of nitrogen functional groups attached to an aromatic ring is 1. The molecule has 0 spiro atoms. The van der Waals surface area contributed by atoms with Gasteiger partial charge in [0.15, 0.2) is 5.13 Å². The number of β-lactam (4-membered cyclic amide) rings is 1. The molecule has 1 saturated heterocycles. The molecule has 2 fully saturated rings. The first-order chi connectivity index (χ1) is 20.4. The summed E-state index contributed by atoms with van der Waals surface area (Å²) in [6, 6.07) is -0.914. The van der Waals surface area contributed by atoms with Gasteiger partial charge in [-0.05, 0) is 19.8 Å². The Morgan fingerprint density at radius 1 is 1.14 bits per heavy atom. The van der Waals surface area contributed by atoms with Crippen LogP contribution in [0.1, 0.15) is 65.0 Å². The van der Waals surface area contributed by atoms with Gasteiger partial charge in [0.2, 0.25) is 12.2 Å². The third kappa shape index (κ3) is 8.13. The first-order valence-corrected chi connectivity index (χ1v) is 16.1. The van der Waals surface area contributed by atoms with E-state index in [2.05, 4.69) is 10.3 Å². The Morgan fingerprint density at radius 3 is 2.49 bits per heavy atom. The second-order valence-corrected chi connectivity index (χ2v) is 13.1. The van der Waals surface area contributed by atoms with Gasteiger partial charge in [0, 0.05) is 22.6 Å². The molecule has 1 unspecified atom stereocenters. The number of Topliss-reactive ketones (excluding diaryl/α,β-unsaturated/α-hetero) is 1. The number of hydrogen-bond acceptors (Lipinski definition) is 13. The molecule has 1 aromatic rings. The zero-order valence-electron chi connectivity index (χ0n) is 24.3. The summed E-state index contributed by atoms with van der Waals surface area (Å²) < 4.78 is 16.5. The predicted octanol–water partition coefficient (Wildman–Crippen LogP) is 2.09. The lowest BCUT2D eigenvalue weighted by atomic mass is 9.89. The SMILES string of the molecule is CC(=O)CC(=O)OCC1=C(C(=O)OC(OC(=O)C2CCCCC2)C(C)C)N2C(=O)[C@@H](NC(=O)Cc3csc(N)n3)[C@H]2SC1. The summed E-state index contributed by atoms with van der Waals surface area (Å²) in [4.78, 5) is 81.1. The molecule has 3 N–H and O–H groups in total. The van der Waals surface area contributed by atoms with Crippen LogP contribution < -0.4 is 11.1 Å². The molecule has 13 nitrogen and oxygen atoms in total. The summed E-state index contributed by atoms with van der Waals surface area (Å²) in [6.07, 6.45) is 2.62. The molecule has 3 atom stereocenters. The standard InChI is InChI=1S/C28H36N4O9S2/c1-14(2)27(40-25(37)16-7-5-4-6-8-16)41-26(38)22-17(11-39-20(35)9-15(3)33)12-42-24-21(23(36)32(22)24)31-19(34)10-18-13-43-28(29)30-18/h13-14,16,21,24,27H,4-12H2,1-3H3,(H2,29,30)(H,31,34)/t21-,24-,27?/m1/s1. The van der Waals surface area contributed by atoms with E-state index in [-0.39, 0.29) is 42.1 Å². The summed E-state index contributed by atoms with van der Waals surface area (Å²) in [7, 11) is 0. The van der Waals surface area contributed by atoms with E-state index in [4.69, 9.17) is 19.9 Å². The lowest BCUT2D eigenvalue weighted by Gasteiger charge is -2.49. The van der Waals surface area contributed by atoms with Crippen molar-refractivity contribution in [2.45, 2.75) is 83.4 Å². The number of thioether (sulfide) groups is 1. The summed E-state index contributed by atoms with van der Waals surface area (Å²) in [6.45, 7) is 4.37. The van der Waals surface area contributed by atoms with Crippen molar-refractivity contribution in [2.75, 3.05) is 18.1 Å². The maximum atomic E-state index is 13.6.